The van der Waals surface area contributed by atoms with Crippen molar-refractivity contribution >= 4 is 18.0 Å². The Morgan fingerprint density at radius 3 is 2.70 bits per heavy atom. The van der Waals surface area contributed by atoms with Crippen LogP contribution in [0.15, 0.2) is 42.5 Å². The van der Waals surface area contributed by atoms with Crippen LogP contribution in [0.3, 0.4) is 0 Å². The molecule has 1 N–H and O–H groups in total. The normalized spacial score (nSPS) is 20.4. The minimum atomic E-state index is 0.105. The van der Waals surface area contributed by atoms with Crippen molar-refractivity contribution in [2.24, 2.45) is 5.92 Å². The van der Waals surface area contributed by atoms with Crippen molar-refractivity contribution in [2.45, 2.75) is 38.1 Å². The number of fused-ring (bicyclic) bond motifs is 3. The Morgan fingerprint density at radius 1 is 1.13 bits per heavy atom. The summed E-state index contributed by atoms with van der Waals surface area (Å²) in [7, 11) is 0. The van der Waals surface area contributed by atoms with Crippen molar-refractivity contribution in [1.82, 2.24) is 9.80 Å². The van der Waals surface area contributed by atoms with Crippen LogP contribution in [0.4, 0.5) is 5.69 Å². The summed E-state index contributed by atoms with van der Waals surface area (Å²) in [6.07, 6.45) is 4.05. The third-order valence-corrected chi connectivity index (χ3v) is 6.99. The van der Waals surface area contributed by atoms with Gasteiger partial charge in [0.15, 0.2) is 0 Å². The van der Waals surface area contributed by atoms with Gasteiger partial charge in [-0.1, -0.05) is 37.3 Å². The van der Waals surface area contributed by atoms with Crippen molar-refractivity contribution in [2.75, 3.05) is 31.5 Å². The Morgan fingerprint density at radius 2 is 1.93 bits per heavy atom. The predicted molar refractivity (Wildman–Crippen MR) is 118 cm³/mol. The maximum Gasteiger partial charge on any atom is 0.254 e. The molecule has 2 aromatic rings. The topological polar surface area (TPSA) is 52.6 Å². The third kappa shape index (κ3) is 3.52. The molecule has 2 aromatic carbocycles. The van der Waals surface area contributed by atoms with Gasteiger partial charge in [-0.25, -0.2) is 0 Å². The van der Waals surface area contributed by atoms with Crippen LogP contribution in [0.1, 0.15) is 46.8 Å². The molecule has 30 heavy (non-hydrogen) atoms. The number of benzene rings is 2. The molecule has 3 aliphatic rings. The molecule has 156 valence electrons. The molecule has 2 amide bonds. The van der Waals surface area contributed by atoms with E-state index in [0.717, 1.165) is 57.5 Å². The van der Waals surface area contributed by atoms with Gasteiger partial charge in [-0.05, 0) is 54.0 Å². The van der Waals surface area contributed by atoms with Crippen LogP contribution in [0.2, 0.25) is 0 Å². The third-order valence-electron chi connectivity index (χ3n) is 6.99. The van der Waals surface area contributed by atoms with Crippen molar-refractivity contribution in [3.05, 3.63) is 64.7 Å². The highest BCUT2D eigenvalue weighted by Crippen LogP contribution is 2.52. The van der Waals surface area contributed by atoms with Crippen LogP contribution in [-0.4, -0.2) is 48.3 Å². The fraction of sp³-hybridized carbons (Fsp3) is 0.440. The van der Waals surface area contributed by atoms with Crippen molar-refractivity contribution in [1.29, 1.82) is 0 Å². The second-order valence-corrected chi connectivity index (χ2v) is 9.35. The number of nitrogens with one attached hydrogen (secondary N) is 1. The van der Waals surface area contributed by atoms with Gasteiger partial charge in [0.25, 0.3) is 5.91 Å². The van der Waals surface area contributed by atoms with Crippen LogP contribution < -0.4 is 5.32 Å². The summed E-state index contributed by atoms with van der Waals surface area (Å²) in [6, 6.07) is 14.5. The molecule has 2 heterocycles. The first kappa shape index (κ1) is 19.3. The van der Waals surface area contributed by atoms with Gasteiger partial charge in [0.05, 0.1) is 0 Å². The van der Waals surface area contributed by atoms with Crippen LogP contribution in [-0.2, 0) is 23.2 Å². The van der Waals surface area contributed by atoms with Gasteiger partial charge in [-0.2, -0.15) is 0 Å². The van der Waals surface area contributed by atoms with Crippen LogP contribution in [0.5, 0.6) is 0 Å². The van der Waals surface area contributed by atoms with Gasteiger partial charge in [-0.15, -0.1) is 0 Å². The van der Waals surface area contributed by atoms with E-state index in [4.69, 9.17) is 0 Å². The lowest BCUT2D eigenvalue weighted by molar-refractivity contribution is -0.105. The Labute approximate surface area is 178 Å². The number of anilines is 1. The molecule has 5 heteroatoms. The fourth-order valence-electron chi connectivity index (χ4n) is 5.34. The quantitative estimate of drug-likeness (QED) is 0.752. The first-order valence-corrected chi connectivity index (χ1v) is 11.0. The number of carbonyl (C=O) groups is 2. The highest BCUT2D eigenvalue weighted by Gasteiger charge is 2.51. The lowest BCUT2D eigenvalue weighted by atomic mass is 9.85. The Kier molecular flexibility index (Phi) is 4.86. The Balaban J connectivity index is 1.28. The predicted octanol–water partition coefficient (Wildman–Crippen LogP) is 3.44. The van der Waals surface area contributed by atoms with E-state index in [1.165, 1.54) is 16.7 Å². The van der Waals surface area contributed by atoms with Gasteiger partial charge >= 0.3 is 0 Å². The van der Waals surface area contributed by atoms with E-state index in [1.54, 1.807) is 0 Å². The average molecular weight is 404 g/mol. The molecule has 5 rings (SSSR count). The number of nitrogens with zero attached hydrogens (tertiary/aromatic N) is 2. The van der Waals surface area contributed by atoms with E-state index in [-0.39, 0.29) is 11.3 Å². The summed E-state index contributed by atoms with van der Waals surface area (Å²) in [5.41, 5.74) is 5.66. The number of hydrogen-bond acceptors (Lipinski definition) is 3. The molecule has 0 radical (unpaired) electrons. The molecule has 1 aliphatic carbocycles. The zero-order valence-corrected chi connectivity index (χ0v) is 17.6. The second kappa shape index (κ2) is 7.55. The summed E-state index contributed by atoms with van der Waals surface area (Å²) in [5, 5.41) is 2.69. The monoisotopic (exact) mass is 403 g/mol. The van der Waals surface area contributed by atoms with Gasteiger partial charge in [-0.3, -0.25) is 14.5 Å². The maximum atomic E-state index is 13.3. The van der Waals surface area contributed by atoms with Gasteiger partial charge in [0, 0.05) is 49.4 Å². The molecular weight excluding hydrogens is 374 g/mol. The summed E-state index contributed by atoms with van der Waals surface area (Å²) in [4.78, 5) is 28.7. The number of rotatable bonds is 6. The maximum absolute atomic E-state index is 13.3. The van der Waals surface area contributed by atoms with Crippen LogP contribution in [0.25, 0.3) is 0 Å². The summed E-state index contributed by atoms with van der Waals surface area (Å²) in [5.74, 6) is 0.515. The number of carbonyl (C=O) groups excluding carboxylic acids is 2. The molecule has 1 saturated carbocycles. The minimum Gasteiger partial charge on any atom is -0.337 e. The molecule has 0 bridgehead atoms. The molecular formula is C25H29N3O2. The SMILES string of the molecule is CC(CN1CCc2ccccc2C1)CN1CC2(CC2)c2ccc(NC=O)cc2C1=O. The smallest absolute Gasteiger partial charge is 0.254 e. The van der Waals surface area contributed by atoms with Crippen LogP contribution >= 0.6 is 0 Å². The molecule has 0 saturated heterocycles. The van der Waals surface area contributed by atoms with Crippen molar-refractivity contribution in [3.8, 4) is 0 Å². The molecule has 1 unspecified atom stereocenters. The first-order chi connectivity index (χ1) is 14.6. The number of hydrogen-bond donors (Lipinski definition) is 1. The average Bonchev–Trinajstić information content (AvgIpc) is 3.52. The Bertz CT molecular complexity index is 982. The van der Waals surface area contributed by atoms with E-state index >= 15 is 0 Å². The van der Waals surface area contributed by atoms with Gasteiger partial charge in [0.1, 0.15) is 0 Å². The Hall–Kier alpha value is -2.66. The zero-order valence-electron chi connectivity index (χ0n) is 17.6. The lowest BCUT2D eigenvalue weighted by Gasteiger charge is -2.38. The van der Waals surface area contributed by atoms with E-state index in [1.807, 2.05) is 18.2 Å². The van der Waals surface area contributed by atoms with Crippen LogP contribution in [0, 0.1) is 5.92 Å². The van der Waals surface area contributed by atoms with E-state index in [0.29, 0.717) is 18.0 Å². The number of amides is 2. The van der Waals surface area contributed by atoms with Crippen molar-refractivity contribution in [3.63, 3.8) is 0 Å². The standard InChI is InChI=1S/C25H29N3O2/c1-18(13-27-11-8-19-4-2-3-5-20(19)15-27)14-28-16-25(9-10-25)23-7-6-21(26-17-29)12-22(23)24(28)30/h2-7,12,17-18H,8-11,13-16H2,1H3,(H,26,29). The van der Waals surface area contributed by atoms with Crippen molar-refractivity contribution < 1.29 is 9.59 Å². The highest BCUT2D eigenvalue weighted by molar-refractivity contribution is 5.99. The summed E-state index contributed by atoms with van der Waals surface area (Å²) in [6.45, 7) is 6.96. The van der Waals surface area contributed by atoms with Gasteiger partial charge < -0.3 is 10.2 Å². The minimum absolute atomic E-state index is 0.105. The fourth-order valence-corrected chi connectivity index (χ4v) is 5.34. The van der Waals surface area contributed by atoms with Gasteiger partial charge in [0.2, 0.25) is 6.41 Å². The molecule has 1 atom stereocenters. The van der Waals surface area contributed by atoms with E-state index in [2.05, 4.69) is 46.3 Å². The largest absolute Gasteiger partial charge is 0.337 e. The second-order valence-electron chi connectivity index (χ2n) is 9.35. The first-order valence-electron chi connectivity index (χ1n) is 11.0. The van der Waals surface area contributed by atoms with E-state index < -0.39 is 0 Å². The van der Waals surface area contributed by atoms with E-state index in [9.17, 15) is 9.59 Å². The lowest BCUT2D eigenvalue weighted by Crippen LogP contribution is -2.47. The molecule has 5 nitrogen and oxygen atoms in total. The molecule has 2 aliphatic heterocycles. The summed E-state index contributed by atoms with van der Waals surface area (Å²) < 4.78 is 0. The summed E-state index contributed by atoms with van der Waals surface area (Å²) >= 11 is 0. The zero-order chi connectivity index (χ0) is 20.7. The highest BCUT2D eigenvalue weighted by atomic mass is 16.2. The molecule has 1 spiro atoms. The molecule has 0 aromatic heterocycles. The molecule has 1 fully saturated rings.